The van der Waals surface area contributed by atoms with Gasteiger partial charge in [-0.05, 0) is 45.5 Å². The molecule has 0 N–H and O–H groups in total. The van der Waals surface area contributed by atoms with E-state index in [1.54, 1.807) is 16.8 Å². The second kappa shape index (κ2) is 7.57. The molecule has 0 fully saturated rings. The van der Waals surface area contributed by atoms with Crippen LogP contribution in [0.15, 0.2) is 87.2 Å². The summed E-state index contributed by atoms with van der Waals surface area (Å²) in [6.07, 6.45) is 0. The maximum Gasteiger partial charge on any atom is 0.347 e. The smallest absolute Gasteiger partial charge is 0.347 e. The number of carbonyl (C=O) groups is 1. The predicted molar refractivity (Wildman–Crippen MR) is 114 cm³/mol. The average Bonchev–Trinajstić information content (AvgIpc) is 3.26. The molecular weight excluding hydrogens is 400 g/mol. The van der Waals surface area contributed by atoms with Gasteiger partial charge in [0.1, 0.15) is 11.1 Å². The molecule has 0 aliphatic rings. The topological polar surface area (TPSA) is 90.9 Å². The summed E-state index contributed by atoms with van der Waals surface area (Å²) in [4.78, 5) is 25.2. The van der Waals surface area contributed by atoms with E-state index < -0.39 is 5.63 Å². The lowest BCUT2D eigenvalue weighted by atomic mass is 10.0. The number of ketones is 1. The first-order valence-electron chi connectivity index (χ1n) is 9.16. The standard InChI is InChI=1S/C22H14N4O3S/c27-19(13-30-22-23-24-25-26(22)15-7-2-1-3-8-15)18-12-17-16-9-5-4-6-14(16)10-11-20(17)29-21(18)28/h1-12H,13H2. The van der Waals surface area contributed by atoms with Crippen molar-refractivity contribution in [2.45, 2.75) is 5.16 Å². The molecule has 146 valence electrons. The molecule has 0 bridgehead atoms. The van der Waals surface area contributed by atoms with Gasteiger partial charge >= 0.3 is 5.63 Å². The van der Waals surface area contributed by atoms with Crippen LogP contribution in [0.3, 0.4) is 0 Å². The summed E-state index contributed by atoms with van der Waals surface area (Å²) in [6, 6.07) is 22.4. The Hall–Kier alpha value is -3.78. The van der Waals surface area contributed by atoms with Crippen molar-refractivity contribution in [1.82, 2.24) is 20.2 Å². The highest BCUT2D eigenvalue weighted by Crippen LogP contribution is 2.26. The summed E-state index contributed by atoms with van der Waals surface area (Å²) >= 11 is 1.17. The average molecular weight is 414 g/mol. The lowest BCUT2D eigenvalue weighted by Gasteiger charge is -2.06. The third-order valence-corrected chi connectivity index (χ3v) is 5.64. The van der Waals surface area contributed by atoms with E-state index in [1.807, 2.05) is 60.7 Å². The van der Waals surface area contributed by atoms with Crippen LogP contribution >= 0.6 is 11.8 Å². The monoisotopic (exact) mass is 414 g/mol. The van der Waals surface area contributed by atoms with Crippen LogP contribution in [-0.4, -0.2) is 31.7 Å². The van der Waals surface area contributed by atoms with Crippen LogP contribution in [0.1, 0.15) is 10.4 Å². The Morgan fingerprint density at radius 3 is 2.63 bits per heavy atom. The van der Waals surface area contributed by atoms with E-state index in [2.05, 4.69) is 15.5 Å². The minimum Gasteiger partial charge on any atom is -0.422 e. The fraction of sp³-hybridized carbons (Fsp3) is 0.0455. The van der Waals surface area contributed by atoms with Crippen molar-refractivity contribution in [2.24, 2.45) is 0 Å². The first-order chi connectivity index (χ1) is 14.7. The van der Waals surface area contributed by atoms with Crippen molar-refractivity contribution in [3.8, 4) is 5.69 Å². The van der Waals surface area contributed by atoms with Gasteiger partial charge in [-0.2, -0.15) is 4.68 Å². The molecule has 0 saturated carbocycles. The summed E-state index contributed by atoms with van der Waals surface area (Å²) < 4.78 is 6.97. The first-order valence-corrected chi connectivity index (χ1v) is 10.1. The highest BCUT2D eigenvalue weighted by atomic mass is 32.2. The molecule has 0 atom stereocenters. The molecule has 0 unspecified atom stereocenters. The predicted octanol–water partition coefficient (Wildman–Crippen LogP) is 3.90. The van der Waals surface area contributed by atoms with E-state index in [4.69, 9.17) is 4.42 Å². The summed E-state index contributed by atoms with van der Waals surface area (Å²) in [7, 11) is 0. The summed E-state index contributed by atoms with van der Waals surface area (Å²) in [5.41, 5.74) is 0.612. The number of rotatable bonds is 5. The Balaban J connectivity index is 1.46. The van der Waals surface area contributed by atoms with Crippen molar-refractivity contribution >= 4 is 39.3 Å². The first kappa shape index (κ1) is 18.3. The third kappa shape index (κ3) is 3.27. The van der Waals surface area contributed by atoms with Gasteiger partial charge in [0.15, 0.2) is 5.78 Å². The Labute approximate surface area is 174 Å². The number of para-hydroxylation sites is 1. The fourth-order valence-electron chi connectivity index (χ4n) is 3.27. The van der Waals surface area contributed by atoms with Crippen molar-refractivity contribution in [3.63, 3.8) is 0 Å². The molecule has 2 heterocycles. The van der Waals surface area contributed by atoms with Crippen LogP contribution in [-0.2, 0) is 0 Å². The van der Waals surface area contributed by atoms with E-state index in [0.29, 0.717) is 10.7 Å². The number of fused-ring (bicyclic) bond motifs is 3. The number of hydrogen-bond acceptors (Lipinski definition) is 7. The van der Waals surface area contributed by atoms with Gasteiger partial charge in [-0.3, -0.25) is 4.79 Å². The van der Waals surface area contributed by atoms with Crippen molar-refractivity contribution in [3.05, 3.63) is 88.8 Å². The number of tetrazole rings is 1. The van der Waals surface area contributed by atoms with Gasteiger partial charge in [0, 0.05) is 5.39 Å². The maximum absolute atomic E-state index is 12.8. The Kier molecular flexibility index (Phi) is 4.61. The minimum absolute atomic E-state index is 0.00817. The molecule has 0 aliphatic carbocycles. The van der Waals surface area contributed by atoms with E-state index in [9.17, 15) is 9.59 Å². The lowest BCUT2D eigenvalue weighted by molar-refractivity contribution is 0.101. The molecule has 30 heavy (non-hydrogen) atoms. The zero-order valence-corrected chi connectivity index (χ0v) is 16.4. The van der Waals surface area contributed by atoms with Crippen LogP contribution in [0.4, 0.5) is 0 Å². The fourth-order valence-corrected chi connectivity index (χ4v) is 4.05. The van der Waals surface area contributed by atoms with Gasteiger partial charge in [-0.15, -0.1) is 5.10 Å². The van der Waals surface area contributed by atoms with E-state index in [-0.39, 0.29) is 17.1 Å². The summed E-state index contributed by atoms with van der Waals surface area (Å²) in [5, 5.41) is 14.8. The zero-order chi connectivity index (χ0) is 20.5. The van der Waals surface area contributed by atoms with Gasteiger partial charge in [0.05, 0.1) is 11.4 Å². The number of Topliss-reactive ketones (excluding diaryl/α,β-unsaturated/α-hetero) is 1. The largest absolute Gasteiger partial charge is 0.422 e. The summed E-state index contributed by atoms with van der Waals surface area (Å²) in [5.74, 6) is -0.333. The van der Waals surface area contributed by atoms with Crippen LogP contribution < -0.4 is 5.63 Å². The number of benzene rings is 3. The zero-order valence-electron chi connectivity index (χ0n) is 15.6. The van der Waals surface area contributed by atoms with E-state index in [1.165, 1.54) is 11.8 Å². The van der Waals surface area contributed by atoms with Crippen molar-refractivity contribution < 1.29 is 9.21 Å². The van der Waals surface area contributed by atoms with Crippen molar-refractivity contribution in [2.75, 3.05) is 5.75 Å². The molecule has 0 aliphatic heterocycles. The normalized spacial score (nSPS) is 11.2. The molecule has 0 saturated heterocycles. The van der Waals surface area contributed by atoms with Gasteiger partial charge in [-0.1, -0.05) is 60.3 Å². The second-order valence-corrected chi connectivity index (χ2v) is 7.51. The van der Waals surface area contributed by atoms with Crippen LogP contribution in [0, 0.1) is 0 Å². The molecule has 0 amide bonds. The van der Waals surface area contributed by atoms with Gasteiger partial charge in [0.25, 0.3) is 0 Å². The Morgan fingerprint density at radius 1 is 0.967 bits per heavy atom. The maximum atomic E-state index is 12.8. The molecule has 8 heteroatoms. The number of nitrogens with zero attached hydrogens (tertiary/aromatic N) is 4. The SMILES string of the molecule is O=C(CSc1nnnn1-c1ccccc1)c1cc2c(ccc3ccccc32)oc1=O. The number of aromatic nitrogens is 4. The van der Waals surface area contributed by atoms with Crippen molar-refractivity contribution in [1.29, 1.82) is 0 Å². The molecule has 5 aromatic rings. The molecule has 7 nitrogen and oxygen atoms in total. The molecule has 0 radical (unpaired) electrons. The molecule has 3 aromatic carbocycles. The van der Waals surface area contributed by atoms with E-state index >= 15 is 0 Å². The molecule has 2 aromatic heterocycles. The number of thioether (sulfide) groups is 1. The molecule has 5 rings (SSSR count). The Morgan fingerprint density at radius 2 is 1.77 bits per heavy atom. The Bertz CT molecular complexity index is 1440. The van der Waals surface area contributed by atoms with Gasteiger partial charge in [-0.25, -0.2) is 4.79 Å². The minimum atomic E-state index is -0.647. The highest BCUT2D eigenvalue weighted by Gasteiger charge is 2.17. The van der Waals surface area contributed by atoms with Crippen LogP contribution in [0.5, 0.6) is 0 Å². The number of carbonyl (C=O) groups excluding carboxylic acids is 1. The van der Waals surface area contributed by atoms with Gasteiger partial charge in [0.2, 0.25) is 5.16 Å². The summed E-state index contributed by atoms with van der Waals surface area (Å²) in [6.45, 7) is 0. The highest BCUT2D eigenvalue weighted by molar-refractivity contribution is 7.99. The molecular formula is C22H14N4O3S. The van der Waals surface area contributed by atoms with Gasteiger partial charge < -0.3 is 4.42 Å². The lowest BCUT2D eigenvalue weighted by Crippen LogP contribution is -2.16. The second-order valence-electron chi connectivity index (χ2n) is 6.57. The number of hydrogen-bond donors (Lipinski definition) is 0. The third-order valence-electron chi connectivity index (χ3n) is 4.72. The van der Waals surface area contributed by atoms with Crippen LogP contribution in [0.2, 0.25) is 0 Å². The molecule has 0 spiro atoms. The van der Waals surface area contributed by atoms with Crippen LogP contribution in [0.25, 0.3) is 27.4 Å². The van der Waals surface area contributed by atoms with E-state index in [0.717, 1.165) is 21.8 Å². The quantitative estimate of drug-likeness (QED) is 0.186.